The average molecular weight is 383 g/mol. The Balaban J connectivity index is 1.75. The van der Waals surface area contributed by atoms with Gasteiger partial charge in [0.2, 0.25) is 0 Å². The van der Waals surface area contributed by atoms with Gasteiger partial charge in [0.1, 0.15) is 5.76 Å². The van der Waals surface area contributed by atoms with E-state index in [-0.39, 0.29) is 6.61 Å². The highest BCUT2D eigenvalue weighted by Gasteiger charge is 2.19. The quantitative estimate of drug-likeness (QED) is 0.736. The Morgan fingerprint density at radius 2 is 1.89 bits per heavy atom. The van der Waals surface area contributed by atoms with Crippen molar-refractivity contribution in [1.82, 2.24) is 4.90 Å². The average Bonchev–Trinajstić information content (AvgIpc) is 3.21. The number of allylic oxidation sites excluding steroid dienone is 1. The van der Waals surface area contributed by atoms with Crippen molar-refractivity contribution in [3.8, 4) is 17.6 Å². The van der Waals surface area contributed by atoms with E-state index in [1.807, 2.05) is 18.2 Å². The van der Waals surface area contributed by atoms with Crippen molar-refractivity contribution < 1.29 is 19.0 Å². The lowest BCUT2D eigenvalue weighted by Gasteiger charge is -2.34. The number of aliphatic hydroxyl groups is 1. The van der Waals surface area contributed by atoms with Crippen molar-refractivity contribution in [3.63, 3.8) is 0 Å². The standard InChI is InChI=1S/C21H25N3O4/c1-26-19-5-3-16(14-20(19)27-2)17(15-22)13-18-4-6-21(28-18)24-9-7-23(8-10-24)11-12-25/h3-6,13-14,25H,7-12H2,1-2H3/b17-13+. The summed E-state index contributed by atoms with van der Waals surface area (Å²) in [5.41, 5.74) is 1.21. The Bertz CT molecular complexity index is 861. The van der Waals surface area contributed by atoms with Gasteiger partial charge in [-0.3, -0.25) is 4.90 Å². The van der Waals surface area contributed by atoms with Crippen LogP contribution in [0.3, 0.4) is 0 Å². The zero-order chi connectivity index (χ0) is 19.9. The highest BCUT2D eigenvalue weighted by atomic mass is 16.5. The molecule has 148 valence electrons. The van der Waals surface area contributed by atoms with Gasteiger partial charge in [0.25, 0.3) is 0 Å². The molecule has 1 aromatic heterocycles. The van der Waals surface area contributed by atoms with E-state index in [0.717, 1.165) is 37.6 Å². The van der Waals surface area contributed by atoms with Crippen LogP contribution in [0.2, 0.25) is 0 Å². The second-order valence-corrected chi connectivity index (χ2v) is 6.47. The largest absolute Gasteiger partial charge is 0.493 e. The van der Waals surface area contributed by atoms with Crippen molar-refractivity contribution in [2.24, 2.45) is 0 Å². The number of nitrogens with zero attached hydrogens (tertiary/aromatic N) is 3. The molecule has 0 unspecified atom stereocenters. The van der Waals surface area contributed by atoms with Crippen molar-refractivity contribution >= 4 is 17.5 Å². The topological polar surface area (TPSA) is 82.1 Å². The second kappa shape index (κ2) is 9.31. The Hall–Kier alpha value is -2.95. The number of aliphatic hydroxyl groups excluding tert-OH is 1. The van der Waals surface area contributed by atoms with E-state index in [1.165, 1.54) is 0 Å². The number of β-amino-alcohol motifs (C(OH)–C–C–N with tert-alkyl or cyclic N) is 1. The van der Waals surface area contributed by atoms with Crippen LogP contribution in [-0.4, -0.2) is 63.6 Å². The number of benzene rings is 1. The number of hydrogen-bond donors (Lipinski definition) is 1. The normalized spacial score (nSPS) is 15.4. The monoisotopic (exact) mass is 383 g/mol. The lowest BCUT2D eigenvalue weighted by molar-refractivity contribution is 0.187. The molecule has 0 atom stereocenters. The molecule has 7 nitrogen and oxygen atoms in total. The predicted molar refractivity (Wildman–Crippen MR) is 107 cm³/mol. The number of nitriles is 1. The molecule has 1 aliphatic rings. The van der Waals surface area contributed by atoms with Crippen LogP contribution >= 0.6 is 0 Å². The van der Waals surface area contributed by atoms with Gasteiger partial charge < -0.3 is 23.9 Å². The molecule has 1 fully saturated rings. The van der Waals surface area contributed by atoms with E-state index < -0.39 is 0 Å². The summed E-state index contributed by atoms with van der Waals surface area (Å²) in [6, 6.07) is 11.4. The Labute approximate surface area is 165 Å². The molecule has 0 spiro atoms. The first-order chi connectivity index (χ1) is 13.7. The molecule has 0 radical (unpaired) electrons. The minimum absolute atomic E-state index is 0.183. The number of hydrogen-bond acceptors (Lipinski definition) is 7. The molecule has 0 aliphatic carbocycles. The maximum Gasteiger partial charge on any atom is 0.196 e. The molecular weight excluding hydrogens is 358 g/mol. The third-order valence-corrected chi connectivity index (χ3v) is 4.81. The highest BCUT2D eigenvalue weighted by molar-refractivity contribution is 5.89. The van der Waals surface area contributed by atoms with E-state index >= 15 is 0 Å². The highest BCUT2D eigenvalue weighted by Crippen LogP contribution is 2.31. The molecule has 0 amide bonds. The summed E-state index contributed by atoms with van der Waals surface area (Å²) in [5, 5.41) is 18.6. The lowest BCUT2D eigenvalue weighted by atomic mass is 10.1. The summed E-state index contributed by atoms with van der Waals surface area (Å²) in [6.07, 6.45) is 1.73. The molecule has 1 N–H and O–H groups in total. The molecule has 28 heavy (non-hydrogen) atoms. The fourth-order valence-electron chi connectivity index (χ4n) is 3.25. The third kappa shape index (κ3) is 4.47. The van der Waals surface area contributed by atoms with Gasteiger partial charge in [-0.2, -0.15) is 5.26 Å². The third-order valence-electron chi connectivity index (χ3n) is 4.81. The van der Waals surface area contributed by atoms with Gasteiger partial charge in [-0.1, -0.05) is 0 Å². The van der Waals surface area contributed by atoms with Crippen LogP contribution in [0, 0.1) is 11.3 Å². The Morgan fingerprint density at radius 3 is 2.54 bits per heavy atom. The van der Waals surface area contributed by atoms with Crippen LogP contribution in [0.15, 0.2) is 34.7 Å². The van der Waals surface area contributed by atoms with Gasteiger partial charge in [0.05, 0.1) is 32.5 Å². The van der Waals surface area contributed by atoms with Gasteiger partial charge >= 0.3 is 0 Å². The number of ether oxygens (including phenoxy) is 2. The van der Waals surface area contributed by atoms with Crippen molar-refractivity contribution in [1.29, 1.82) is 5.26 Å². The van der Waals surface area contributed by atoms with E-state index in [4.69, 9.17) is 19.0 Å². The molecule has 0 saturated carbocycles. The Morgan fingerprint density at radius 1 is 1.14 bits per heavy atom. The molecule has 0 bridgehead atoms. The van der Waals surface area contributed by atoms with Crippen molar-refractivity contribution in [2.45, 2.75) is 0 Å². The summed E-state index contributed by atoms with van der Waals surface area (Å²) >= 11 is 0. The van der Waals surface area contributed by atoms with E-state index in [0.29, 0.717) is 29.4 Å². The molecule has 2 heterocycles. The van der Waals surface area contributed by atoms with Crippen molar-refractivity contribution in [3.05, 3.63) is 41.7 Å². The molecular formula is C21H25N3O4. The zero-order valence-electron chi connectivity index (χ0n) is 16.2. The molecule has 1 saturated heterocycles. The first-order valence-corrected chi connectivity index (χ1v) is 9.20. The number of anilines is 1. The van der Waals surface area contributed by atoms with Crippen LogP contribution in [0.25, 0.3) is 11.6 Å². The van der Waals surface area contributed by atoms with Crippen LogP contribution in [-0.2, 0) is 0 Å². The van der Waals surface area contributed by atoms with E-state index in [2.05, 4.69) is 15.9 Å². The maximum atomic E-state index is 9.60. The van der Waals surface area contributed by atoms with Gasteiger partial charge in [0.15, 0.2) is 17.4 Å². The summed E-state index contributed by atoms with van der Waals surface area (Å²) < 4.78 is 16.5. The van der Waals surface area contributed by atoms with Crippen LogP contribution < -0.4 is 14.4 Å². The Kier molecular flexibility index (Phi) is 6.58. The number of rotatable bonds is 7. The minimum Gasteiger partial charge on any atom is -0.493 e. The van der Waals surface area contributed by atoms with Gasteiger partial charge in [0, 0.05) is 38.8 Å². The lowest BCUT2D eigenvalue weighted by Crippen LogP contribution is -2.47. The maximum absolute atomic E-state index is 9.60. The summed E-state index contributed by atoms with van der Waals surface area (Å²) in [7, 11) is 3.14. The predicted octanol–water partition coefficient (Wildman–Crippen LogP) is 2.48. The van der Waals surface area contributed by atoms with Crippen molar-refractivity contribution in [2.75, 3.05) is 58.5 Å². The second-order valence-electron chi connectivity index (χ2n) is 6.47. The van der Waals surface area contributed by atoms with E-state index in [9.17, 15) is 5.26 Å². The number of methoxy groups -OCH3 is 2. The van der Waals surface area contributed by atoms with Gasteiger partial charge in [-0.05, 0) is 35.9 Å². The van der Waals surface area contributed by atoms with Crippen LogP contribution in [0.4, 0.5) is 5.88 Å². The fraction of sp³-hybridized carbons (Fsp3) is 0.381. The molecule has 2 aromatic rings. The molecule has 1 aliphatic heterocycles. The van der Waals surface area contributed by atoms with Gasteiger partial charge in [-0.15, -0.1) is 0 Å². The van der Waals surface area contributed by atoms with E-state index in [1.54, 1.807) is 32.4 Å². The molecule has 1 aromatic carbocycles. The van der Waals surface area contributed by atoms with Crippen LogP contribution in [0.5, 0.6) is 11.5 Å². The first-order valence-electron chi connectivity index (χ1n) is 9.20. The molecule has 3 rings (SSSR count). The van der Waals surface area contributed by atoms with Crippen LogP contribution in [0.1, 0.15) is 11.3 Å². The fourth-order valence-corrected chi connectivity index (χ4v) is 3.25. The summed E-state index contributed by atoms with van der Waals surface area (Å²) in [6.45, 7) is 4.36. The van der Waals surface area contributed by atoms with Gasteiger partial charge in [-0.25, -0.2) is 0 Å². The number of piperazine rings is 1. The number of furan rings is 1. The zero-order valence-corrected chi connectivity index (χ0v) is 16.2. The molecule has 7 heteroatoms. The first kappa shape index (κ1) is 19.8. The summed E-state index contributed by atoms with van der Waals surface area (Å²) in [5.74, 6) is 2.60. The minimum atomic E-state index is 0.183. The SMILES string of the molecule is COc1ccc(/C(C#N)=C/c2ccc(N3CCN(CCO)CC3)o2)cc1OC. The summed E-state index contributed by atoms with van der Waals surface area (Å²) in [4.78, 5) is 4.40. The smallest absolute Gasteiger partial charge is 0.196 e.